The molecule has 164 valence electrons. The largest absolute Gasteiger partial charge is 0.480 e. The van der Waals surface area contributed by atoms with Crippen molar-refractivity contribution in [2.24, 2.45) is 0 Å². The molecule has 0 heterocycles. The molecule has 32 heavy (non-hydrogen) atoms. The molecule has 1 amide bonds. The first-order valence-electron chi connectivity index (χ1n) is 10.5. The maximum Gasteiger partial charge on any atom is 0.407 e. The van der Waals surface area contributed by atoms with Crippen molar-refractivity contribution < 1.29 is 19.4 Å². The molecule has 0 fully saturated rings. The third-order valence-corrected chi connectivity index (χ3v) is 6.18. The van der Waals surface area contributed by atoms with Crippen molar-refractivity contribution in [3.8, 4) is 11.1 Å². The number of halogens is 1. The van der Waals surface area contributed by atoms with Crippen LogP contribution in [0.15, 0.2) is 72.8 Å². The number of rotatable bonds is 8. The van der Waals surface area contributed by atoms with Gasteiger partial charge >= 0.3 is 12.1 Å². The number of carbonyl (C=O) groups is 2. The molecule has 0 saturated carbocycles. The monoisotopic (exact) mass is 493 g/mol. The zero-order valence-corrected chi connectivity index (χ0v) is 19.0. The van der Waals surface area contributed by atoms with Gasteiger partial charge in [0.2, 0.25) is 0 Å². The number of aliphatic carboxylic acids is 1. The molecule has 0 radical (unpaired) electrons. The lowest BCUT2D eigenvalue weighted by atomic mass is 9.98. The van der Waals surface area contributed by atoms with Crippen LogP contribution in [0.25, 0.3) is 11.1 Å². The predicted octanol–water partition coefficient (Wildman–Crippen LogP) is 5.16. The summed E-state index contributed by atoms with van der Waals surface area (Å²) in [6, 6.07) is 22.8. The average Bonchev–Trinajstić information content (AvgIpc) is 3.12. The number of aryl methyl sites for hydroxylation is 1. The minimum atomic E-state index is -1.09. The van der Waals surface area contributed by atoms with Gasteiger partial charge in [-0.25, -0.2) is 9.59 Å². The van der Waals surface area contributed by atoms with Crippen LogP contribution in [0.5, 0.6) is 0 Å². The minimum Gasteiger partial charge on any atom is -0.480 e. The van der Waals surface area contributed by atoms with Crippen LogP contribution >= 0.6 is 15.9 Å². The lowest BCUT2D eigenvalue weighted by Gasteiger charge is -2.17. The summed E-state index contributed by atoms with van der Waals surface area (Å²) in [6.45, 7) is 0.146. The van der Waals surface area contributed by atoms with Gasteiger partial charge in [0, 0.05) is 17.7 Å². The van der Waals surface area contributed by atoms with E-state index in [0.29, 0.717) is 0 Å². The van der Waals surface area contributed by atoms with Crippen molar-refractivity contribution in [1.82, 2.24) is 5.32 Å². The molecule has 2 N–H and O–H groups in total. The van der Waals surface area contributed by atoms with Gasteiger partial charge in [-0.05, 0) is 39.8 Å². The Morgan fingerprint density at radius 1 is 0.906 bits per heavy atom. The maximum atomic E-state index is 12.5. The minimum absolute atomic E-state index is 0.0709. The Labute approximate surface area is 195 Å². The van der Waals surface area contributed by atoms with Crippen LogP contribution in [-0.2, 0) is 22.4 Å². The molecule has 6 heteroatoms. The number of amides is 1. The third kappa shape index (κ3) is 4.86. The normalized spacial score (nSPS) is 13.2. The Hall–Kier alpha value is -3.12. The van der Waals surface area contributed by atoms with Gasteiger partial charge in [-0.1, -0.05) is 88.7 Å². The second kappa shape index (κ2) is 10.0. The predicted molar refractivity (Wildman–Crippen MR) is 127 cm³/mol. The summed E-state index contributed by atoms with van der Waals surface area (Å²) in [5, 5.41) is 13.0. The molecular weight excluding hydrogens is 470 g/mol. The lowest BCUT2D eigenvalue weighted by Crippen LogP contribution is -2.42. The highest BCUT2D eigenvalue weighted by Gasteiger charge is 2.29. The van der Waals surface area contributed by atoms with Crippen LogP contribution in [-0.4, -0.2) is 35.1 Å². The molecule has 0 aliphatic heterocycles. The van der Waals surface area contributed by atoms with Gasteiger partial charge in [0.1, 0.15) is 12.6 Å². The van der Waals surface area contributed by atoms with Crippen LogP contribution in [0.1, 0.15) is 28.2 Å². The number of carboxylic acids is 1. The van der Waals surface area contributed by atoms with E-state index in [0.717, 1.165) is 39.6 Å². The zero-order chi connectivity index (χ0) is 22.5. The molecule has 3 aromatic rings. The smallest absolute Gasteiger partial charge is 0.407 e. The molecule has 1 atom stereocenters. The second-order valence-corrected chi connectivity index (χ2v) is 8.61. The number of nitrogens with one attached hydrogen (secondary N) is 1. The molecule has 3 aromatic carbocycles. The standard InChI is InChI=1S/C26H24BrNO4/c27-14-13-17-9-11-18(12-10-17)15-24(25(29)30)28-26(31)32-16-23-21-7-3-1-5-19(21)20-6-2-4-8-22(20)23/h1-12,23-24H,13-16H2,(H,28,31)(H,29,30). The van der Waals surface area contributed by atoms with E-state index in [-0.39, 0.29) is 18.9 Å². The molecule has 4 rings (SSSR count). The first-order valence-corrected chi connectivity index (χ1v) is 11.7. The topological polar surface area (TPSA) is 75.6 Å². The maximum absolute atomic E-state index is 12.5. The molecule has 0 saturated heterocycles. The van der Waals surface area contributed by atoms with Crippen LogP contribution in [0.3, 0.4) is 0 Å². The Morgan fingerprint density at radius 3 is 2.03 bits per heavy atom. The third-order valence-electron chi connectivity index (χ3n) is 5.78. The number of alkyl carbamates (subject to hydrolysis) is 1. The van der Waals surface area contributed by atoms with Crippen LogP contribution in [0, 0.1) is 0 Å². The Kier molecular flexibility index (Phi) is 6.90. The molecule has 1 unspecified atom stereocenters. The van der Waals surface area contributed by atoms with E-state index in [1.165, 1.54) is 5.56 Å². The van der Waals surface area contributed by atoms with E-state index in [1.54, 1.807) is 0 Å². The fraction of sp³-hybridized carbons (Fsp3) is 0.231. The highest BCUT2D eigenvalue weighted by molar-refractivity contribution is 9.09. The van der Waals surface area contributed by atoms with E-state index >= 15 is 0 Å². The number of ether oxygens (including phenoxy) is 1. The summed E-state index contributed by atoms with van der Waals surface area (Å²) in [7, 11) is 0. The molecule has 5 nitrogen and oxygen atoms in total. The van der Waals surface area contributed by atoms with Crippen molar-refractivity contribution >= 4 is 28.0 Å². The number of benzene rings is 3. The number of carboxylic acid groups (broad SMARTS) is 1. The van der Waals surface area contributed by atoms with Crippen LogP contribution < -0.4 is 5.32 Å². The number of carbonyl (C=O) groups excluding carboxylic acids is 1. The molecule has 0 aromatic heterocycles. The zero-order valence-electron chi connectivity index (χ0n) is 17.5. The van der Waals surface area contributed by atoms with E-state index in [2.05, 4.69) is 33.4 Å². The highest BCUT2D eigenvalue weighted by Crippen LogP contribution is 2.44. The van der Waals surface area contributed by atoms with Gasteiger partial charge in [-0.3, -0.25) is 0 Å². The SMILES string of the molecule is O=C(NC(Cc1ccc(CCBr)cc1)C(=O)O)OCC1c2ccccc2-c2ccccc21. The summed E-state index contributed by atoms with van der Waals surface area (Å²) >= 11 is 3.41. The lowest BCUT2D eigenvalue weighted by molar-refractivity contribution is -0.139. The van der Waals surface area contributed by atoms with Crippen LogP contribution in [0.2, 0.25) is 0 Å². The van der Waals surface area contributed by atoms with E-state index in [9.17, 15) is 14.7 Å². The highest BCUT2D eigenvalue weighted by atomic mass is 79.9. The van der Waals surface area contributed by atoms with E-state index in [4.69, 9.17) is 4.74 Å². The number of alkyl halides is 1. The van der Waals surface area contributed by atoms with Gasteiger partial charge in [0.25, 0.3) is 0 Å². The van der Waals surface area contributed by atoms with E-state index in [1.807, 2.05) is 60.7 Å². The Balaban J connectivity index is 1.40. The van der Waals surface area contributed by atoms with Crippen molar-refractivity contribution in [1.29, 1.82) is 0 Å². The molecule has 0 spiro atoms. The average molecular weight is 494 g/mol. The van der Waals surface area contributed by atoms with Gasteiger partial charge in [0.05, 0.1) is 0 Å². The van der Waals surface area contributed by atoms with Gasteiger partial charge < -0.3 is 15.2 Å². The number of hydrogen-bond donors (Lipinski definition) is 2. The molecule has 1 aliphatic carbocycles. The summed E-state index contributed by atoms with van der Waals surface area (Å²) < 4.78 is 5.49. The summed E-state index contributed by atoms with van der Waals surface area (Å²) in [4.78, 5) is 24.2. The first kappa shape index (κ1) is 22.1. The van der Waals surface area contributed by atoms with Crippen molar-refractivity contribution in [3.63, 3.8) is 0 Å². The van der Waals surface area contributed by atoms with Gasteiger partial charge in [-0.2, -0.15) is 0 Å². The fourth-order valence-corrected chi connectivity index (χ4v) is 4.63. The fourth-order valence-electron chi connectivity index (χ4n) is 4.17. The summed E-state index contributed by atoms with van der Waals surface area (Å²) in [5.74, 6) is -1.17. The quantitative estimate of drug-likeness (QED) is 0.425. The Bertz CT molecular complexity index is 1070. The summed E-state index contributed by atoms with van der Waals surface area (Å²) in [6.07, 6.45) is 0.365. The molecule has 0 bridgehead atoms. The Morgan fingerprint density at radius 2 is 1.47 bits per heavy atom. The van der Waals surface area contributed by atoms with Crippen LogP contribution in [0.4, 0.5) is 4.79 Å². The van der Waals surface area contributed by atoms with Crippen molar-refractivity contribution in [2.75, 3.05) is 11.9 Å². The number of hydrogen-bond acceptors (Lipinski definition) is 3. The second-order valence-electron chi connectivity index (χ2n) is 7.82. The summed E-state index contributed by atoms with van der Waals surface area (Å²) in [5.41, 5.74) is 6.52. The van der Waals surface area contributed by atoms with Gasteiger partial charge in [-0.15, -0.1) is 0 Å². The molecule has 1 aliphatic rings. The number of fused-ring (bicyclic) bond motifs is 3. The van der Waals surface area contributed by atoms with Crippen molar-refractivity contribution in [3.05, 3.63) is 95.1 Å². The first-order chi connectivity index (χ1) is 15.6. The van der Waals surface area contributed by atoms with E-state index < -0.39 is 18.1 Å². The van der Waals surface area contributed by atoms with Gasteiger partial charge in [0.15, 0.2) is 0 Å². The molecular formula is C26H24BrNO4. The van der Waals surface area contributed by atoms with Crippen molar-refractivity contribution in [2.45, 2.75) is 24.8 Å².